The van der Waals surface area contributed by atoms with Crippen LogP contribution < -0.4 is 5.73 Å². The van der Waals surface area contributed by atoms with Crippen LogP contribution in [-0.4, -0.2) is 11.1 Å². The van der Waals surface area contributed by atoms with Crippen molar-refractivity contribution in [2.24, 2.45) is 0 Å². The first-order chi connectivity index (χ1) is 6.59. The SMILES string of the molecule is Cc1c(N)ccc2oc(C(=O)O)cc12. The lowest BCUT2D eigenvalue weighted by Crippen LogP contribution is -1.91. The molecule has 0 bridgehead atoms. The van der Waals surface area contributed by atoms with Crippen molar-refractivity contribution < 1.29 is 14.3 Å². The van der Waals surface area contributed by atoms with E-state index in [4.69, 9.17) is 15.3 Å². The Hall–Kier alpha value is -1.97. The van der Waals surface area contributed by atoms with Crippen LogP contribution in [0.15, 0.2) is 22.6 Å². The van der Waals surface area contributed by atoms with Crippen LogP contribution in [0.2, 0.25) is 0 Å². The zero-order valence-corrected chi connectivity index (χ0v) is 7.57. The van der Waals surface area contributed by atoms with Crippen molar-refractivity contribution in [2.45, 2.75) is 6.92 Å². The predicted octanol–water partition coefficient (Wildman–Crippen LogP) is 2.02. The van der Waals surface area contributed by atoms with Gasteiger partial charge >= 0.3 is 5.97 Å². The maximum atomic E-state index is 10.6. The van der Waals surface area contributed by atoms with E-state index in [2.05, 4.69) is 0 Å². The number of carboxylic acid groups (broad SMARTS) is 1. The third kappa shape index (κ3) is 1.12. The van der Waals surface area contributed by atoms with Crippen LogP contribution in [0.3, 0.4) is 0 Å². The second-order valence-corrected chi connectivity index (χ2v) is 3.11. The number of carbonyl (C=O) groups is 1. The topological polar surface area (TPSA) is 76.5 Å². The van der Waals surface area contributed by atoms with Crippen molar-refractivity contribution in [1.82, 2.24) is 0 Å². The lowest BCUT2D eigenvalue weighted by Gasteiger charge is -1.98. The number of furan rings is 1. The molecule has 4 nitrogen and oxygen atoms in total. The van der Waals surface area contributed by atoms with Crippen LogP contribution in [0.1, 0.15) is 16.1 Å². The molecule has 0 spiro atoms. The Morgan fingerprint density at radius 2 is 2.21 bits per heavy atom. The predicted molar refractivity (Wildman–Crippen MR) is 52.3 cm³/mol. The van der Waals surface area contributed by atoms with Gasteiger partial charge in [-0.2, -0.15) is 0 Å². The van der Waals surface area contributed by atoms with Gasteiger partial charge in [-0.05, 0) is 30.7 Å². The fourth-order valence-electron chi connectivity index (χ4n) is 1.37. The molecule has 0 saturated carbocycles. The highest BCUT2D eigenvalue weighted by atomic mass is 16.4. The molecular weight excluding hydrogens is 182 g/mol. The van der Waals surface area contributed by atoms with Crippen molar-refractivity contribution in [3.05, 3.63) is 29.5 Å². The molecule has 0 saturated heterocycles. The molecule has 0 aliphatic rings. The summed E-state index contributed by atoms with van der Waals surface area (Å²) in [7, 11) is 0. The van der Waals surface area contributed by atoms with Crippen molar-refractivity contribution in [3.8, 4) is 0 Å². The molecule has 1 heterocycles. The van der Waals surface area contributed by atoms with E-state index in [1.807, 2.05) is 6.92 Å². The molecule has 0 aliphatic heterocycles. The van der Waals surface area contributed by atoms with Crippen molar-refractivity contribution >= 4 is 22.6 Å². The van der Waals surface area contributed by atoms with Gasteiger partial charge in [0.1, 0.15) is 5.58 Å². The Morgan fingerprint density at radius 3 is 2.86 bits per heavy atom. The lowest BCUT2D eigenvalue weighted by atomic mass is 10.1. The first-order valence-electron chi connectivity index (χ1n) is 4.11. The van der Waals surface area contributed by atoms with Gasteiger partial charge in [-0.25, -0.2) is 4.79 Å². The van der Waals surface area contributed by atoms with Gasteiger partial charge in [0, 0.05) is 11.1 Å². The highest BCUT2D eigenvalue weighted by Gasteiger charge is 2.12. The minimum absolute atomic E-state index is 0.0614. The smallest absolute Gasteiger partial charge is 0.371 e. The summed E-state index contributed by atoms with van der Waals surface area (Å²) in [6, 6.07) is 4.86. The number of carboxylic acids is 1. The third-order valence-corrected chi connectivity index (χ3v) is 2.22. The highest BCUT2D eigenvalue weighted by molar-refractivity contribution is 5.94. The fourth-order valence-corrected chi connectivity index (χ4v) is 1.37. The number of benzene rings is 1. The zero-order valence-electron chi connectivity index (χ0n) is 7.57. The van der Waals surface area contributed by atoms with Gasteiger partial charge in [-0.15, -0.1) is 0 Å². The molecule has 0 radical (unpaired) electrons. The maximum absolute atomic E-state index is 10.6. The molecule has 0 amide bonds. The Bertz CT molecular complexity index is 513. The van der Waals surface area contributed by atoms with Crippen LogP contribution in [-0.2, 0) is 0 Å². The molecule has 2 rings (SSSR count). The molecular formula is C10H9NO3. The van der Waals surface area contributed by atoms with Crippen LogP contribution in [0, 0.1) is 6.92 Å². The quantitative estimate of drug-likeness (QED) is 0.676. The van der Waals surface area contributed by atoms with E-state index in [9.17, 15) is 4.79 Å². The van der Waals surface area contributed by atoms with Gasteiger partial charge < -0.3 is 15.3 Å². The first-order valence-corrected chi connectivity index (χ1v) is 4.11. The number of hydrogen-bond donors (Lipinski definition) is 2. The molecule has 1 aromatic carbocycles. The summed E-state index contributed by atoms with van der Waals surface area (Å²) in [5, 5.41) is 9.47. The number of hydrogen-bond acceptors (Lipinski definition) is 3. The monoisotopic (exact) mass is 191 g/mol. The van der Waals surface area contributed by atoms with Crippen molar-refractivity contribution in [3.63, 3.8) is 0 Å². The molecule has 0 unspecified atom stereocenters. The molecule has 4 heteroatoms. The third-order valence-electron chi connectivity index (χ3n) is 2.22. The largest absolute Gasteiger partial charge is 0.475 e. The maximum Gasteiger partial charge on any atom is 0.371 e. The zero-order chi connectivity index (χ0) is 10.3. The number of rotatable bonds is 1. The number of nitrogen functional groups attached to an aromatic ring is 1. The highest BCUT2D eigenvalue weighted by Crippen LogP contribution is 2.26. The van der Waals surface area contributed by atoms with E-state index >= 15 is 0 Å². The van der Waals surface area contributed by atoms with E-state index in [1.54, 1.807) is 12.1 Å². The number of anilines is 1. The van der Waals surface area contributed by atoms with Gasteiger partial charge in [0.2, 0.25) is 5.76 Å². The second kappa shape index (κ2) is 2.77. The Morgan fingerprint density at radius 1 is 1.50 bits per heavy atom. The lowest BCUT2D eigenvalue weighted by molar-refractivity contribution is 0.0665. The van der Waals surface area contributed by atoms with Gasteiger partial charge in [-0.1, -0.05) is 0 Å². The van der Waals surface area contributed by atoms with E-state index in [1.165, 1.54) is 6.07 Å². The minimum atomic E-state index is -1.07. The van der Waals surface area contributed by atoms with Crippen molar-refractivity contribution in [2.75, 3.05) is 5.73 Å². The van der Waals surface area contributed by atoms with Gasteiger partial charge in [0.05, 0.1) is 0 Å². The molecule has 72 valence electrons. The van der Waals surface area contributed by atoms with Crippen LogP contribution in [0.5, 0.6) is 0 Å². The van der Waals surface area contributed by atoms with E-state index in [-0.39, 0.29) is 5.76 Å². The van der Waals surface area contributed by atoms with Gasteiger partial charge in [-0.3, -0.25) is 0 Å². The van der Waals surface area contributed by atoms with Gasteiger partial charge in [0.25, 0.3) is 0 Å². The van der Waals surface area contributed by atoms with Gasteiger partial charge in [0.15, 0.2) is 0 Å². The van der Waals surface area contributed by atoms with Crippen LogP contribution in [0.4, 0.5) is 5.69 Å². The number of nitrogens with two attached hydrogens (primary N) is 1. The number of aryl methyl sites for hydroxylation is 1. The molecule has 0 fully saturated rings. The standard InChI is InChI=1S/C10H9NO3/c1-5-6-4-9(10(12)13)14-8(6)3-2-7(5)11/h2-4H,11H2,1H3,(H,12,13). The Balaban J connectivity index is 2.77. The second-order valence-electron chi connectivity index (χ2n) is 3.11. The first kappa shape index (κ1) is 8.62. The van der Waals surface area contributed by atoms with Crippen LogP contribution >= 0.6 is 0 Å². The Kier molecular flexibility index (Phi) is 1.70. The van der Waals surface area contributed by atoms with E-state index in [0.717, 1.165) is 10.9 Å². The molecule has 3 N–H and O–H groups in total. The van der Waals surface area contributed by atoms with Crippen molar-refractivity contribution in [1.29, 1.82) is 0 Å². The molecule has 2 aromatic rings. The molecule has 1 aromatic heterocycles. The normalized spacial score (nSPS) is 10.6. The van der Waals surface area contributed by atoms with E-state index in [0.29, 0.717) is 11.3 Å². The fraction of sp³-hybridized carbons (Fsp3) is 0.100. The molecule has 0 aliphatic carbocycles. The Labute approximate surface area is 79.9 Å². The minimum Gasteiger partial charge on any atom is -0.475 e. The summed E-state index contributed by atoms with van der Waals surface area (Å²) in [6.45, 7) is 1.83. The number of aromatic carboxylic acids is 1. The summed E-state index contributed by atoms with van der Waals surface area (Å²) in [5.41, 5.74) is 7.71. The number of fused-ring (bicyclic) bond motifs is 1. The van der Waals surface area contributed by atoms with Crippen LogP contribution in [0.25, 0.3) is 11.0 Å². The summed E-state index contributed by atoms with van der Waals surface area (Å²) in [5.74, 6) is -1.13. The summed E-state index contributed by atoms with van der Waals surface area (Å²) in [4.78, 5) is 10.6. The summed E-state index contributed by atoms with van der Waals surface area (Å²) in [6.07, 6.45) is 0. The average Bonchev–Trinajstić information content (AvgIpc) is 2.56. The summed E-state index contributed by atoms with van der Waals surface area (Å²) >= 11 is 0. The average molecular weight is 191 g/mol. The summed E-state index contributed by atoms with van der Waals surface area (Å²) < 4.78 is 5.11. The molecule has 14 heavy (non-hydrogen) atoms. The molecule has 0 atom stereocenters. The van der Waals surface area contributed by atoms with E-state index < -0.39 is 5.97 Å².